The van der Waals surface area contributed by atoms with Crippen molar-refractivity contribution in [2.75, 3.05) is 31.7 Å². The summed E-state index contributed by atoms with van der Waals surface area (Å²) in [5.41, 5.74) is 0.618. The van der Waals surface area contributed by atoms with Gasteiger partial charge in [-0.1, -0.05) is 0 Å². The maximum absolute atomic E-state index is 12.9. The fraction of sp³-hybridized carbons (Fsp3) is 0.522. The van der Waals surface area contributed by atoms with Crippen molar-refractivity contribution in [3.8, 4) is 0 Å². The van der Waals surface area contributed by atoms with Gasteiger partial charge in [0.05, 0.1) is 17.6 Å². The van der Waals surface area contributed by atoms with E-state index < -0.39 is 23.6 Å². The van der Waals surface area contributed by atoms with Gasteiger partial charge in [-0.3, -0.25) is 28.8 Å². The van der Waals surface area contributed by atoms with Crippen molar-refractivity contribution >= 4 is 40.5 Å². The lowest BCUT2D eigenvalue weighted by atomic mass is 10.1. The molecule has 4 amide bonds. The Morgan fingerprint density at radius 3 is 2.57 bits per heavy atom. The lowest BCUT2D eigenvalue weighted by Crippen LogP contribution is -2.44. The number of nitrogens with zero attached hydrogens (tertiary/aromatic N) is 3. The van der Waals surface area contributed by atoms with Crippen LogP contribution in [0.3, 0.4) is 0 Å². The Hall–Kier alpha value is -3.67. The number of nitrogens with one attached hydrogen (secondary N) is 2. The van der Waals surface area contributed by atoms with Gasteiger partial charge in [-0.2, -0.15) is 0 Å². The third kappa shape index (κ3) is 6.07. The molecule has 2 aromatic rings. The number of imidazole rings is 1. The lowest BCUT2D eigenvalue weighted by Gasteiger charge is -2.22. The summed E-state index contributed by atoms with van der Waals surface area (Å²) in [5, 5.41) is 4.82. The average Bonchev–Trinajstić information content (AvgIpc) is 3.01. The molecule has 2 N–H and O–H groups in total. The smallest absolute Gasteiger partial charge is 0.407 e. The van der Waals surface area contributed by atoms with Gasteiger partial charge in [-0.15, -0.1) is 0 Å². The number of likely N-dealkylation sites (N-methyl/N-ethyl adjacent to an activating group) is 1. The van der Waals surface area contributed by atoms with E-state index in [4.69, 9.17) is 9.47 Å². The van der Waals surface area contributed by atoms with Crippen molar-refractivity contribution in [1.82, 2.24) is 19.8 Å². The SMILES string of the molecule is CN(C(=O)COCCNC(=O)OC(C)(C)C)c1ccc2c(c1)n(C)c(=O)n2C1CCC(=O)NC1=O. The number of piperidine rings is 1. The molecule has 0 spiro atoms. The van der Waals surface area contributed by atoms with Gasteiger partial charge in [-0.05, 0) is 45.4 Å². The largest absolute Gasteiger partial charge is 0.444 e. The summed E-state index contributed by atoms with van der Waals surface area (Å²) in [7, 11) is 3.17. The third-order valence-electron chi connectivity index (χ3n) is 5.50. The van der Waals surface area contributed by atoms with E-state index in [1.807, 2.05) is 0 Å². The molecule has 0 aliphatic carbocycles. The number of carbonyl (C=O) groups is 4. The fourth-order valence-electron chi connectivity index (χ4n) is 3.73. The summed E-state index contributed by atoms with van der Waals surface area (Å²) < 4.78 is 13.3. The van der Waals surface area contributed by atoms with E-state index in [9.17, 15) is 24.0 Å². The quantitative estimate of drug-likeness (QED) is 0.433. The second-order valence-electron chi connectivity index (χ2n) is 9.29. The summed E-state index contributed by atoms with van der Waals surface area (Å²) in [4.78, 5) is 62.3. The Morgan fingerprint density at radius 2 is 1.91 bits per heavy atom. The number of alkyl carbamates (subject to hydrolysis) is 1. The second kappa shape index (κ2) is 10.3. The zero-order valence-corrected chi connectivity index (χ0v) is 20.5. The van der Waals surface area contributed by atoms with Crippen LogP contribution in [0, 0.1) is 0 Å². The van der Waals surface area contributed by atoms with Crippen LogP contribution in [-0.2, 0) is 30.9 Å². The summed E-state index contributed by atoms with van der Waals surface area (Å²) in [6.45, 7) is 5.39. The number of imide groups is 1. The standard InChI is InChI=1S/C23H31N5O7/c1-23(2,3)35-21(32)24-10-11-34-13-19(30)26(4)14-6-7-15-17(12-14)27(5)22(33)28(15)16-8-9-18(29)25-20(16)31/h6-7,12,16H,8-11,13H2,1-5H3,(H,24,32)(H,25,29,31). The minimum Gasteiger partial charge on any atom is -0.444 e. The third-order valence-corrected chi connectivity index (χ3v) is 5.50. The molecule has 1 aliphatic rings. The summed E-state index contributed by atoms with van der Waals surface area (Å²) in [5.74, 6) is -1.19. The summed E-state index contributed by atoms with van der Waals surface area (Å²) in [6.07, 6.45) is -0.168. The van der Waals surface area contributed by atoms with Gasteiger partial charge in [0.2, 0.25) is 11.8 Å². The molecule has 3 rings (SSSR count). The molecule has 190 valence electrons. The first-order chi connectivity index (χ1) is 16.4. The molecule has 1 aromatic heterocycles. The van der Waals surface area contributed by atoms with Crippen LogP contribution < -0.4 is 21.2 Å². The Balaban J connectivity index is 1.64. The summed E-state index contributed by atoms with van der Waals surface area (Å²) in [6, 6.07) is 4.25. The maximum Gasteiger partial charge on any atom is 0.407 e. The number of rotatable bonds is 7. The van der Waals surface area contributed by atoms with Crippen LogP contribution in [0.4, 0.5) is 10.5 Å². The minimum absolute atomic E-state index is 0.126. The number of anilines is 1. The van der Waals surface area contributed by atoms with E-state index >= 15 is 0 Å². The van der Waals surface area contributed by atoms with Crippen LogP contribution in [0.1, 0.15) is 39.7 Å². The Bertz CT molecular complexity index is 1210. The number of hydrogen-bond acceptors (Lipinski definition) is 7. The molecule has 1 saturated heterocycles. The molecule has 0 radical (unpaired) electrons. The zero-order valence-electron chi connectivity index (χ0n) is 20.5. The predicted molar refractivity (Wildman–Crippen MR) is 127 cm³/mol. The number of aromatic nitrogens is 2. The molecular weight excluding hydrogens is 458 g/mol. The molecule has 12 heteroatoms. The van der Waals surface area contributed by atoms with E-state index in [0.717, 1.165) is 0 Å². The number of carbonyl (C=O) groups excluding carboxylic acids is 4. The van der Waals surface area contributed by atoms with Gasteiger partial charge in [0.25, 0.3) is 5.91 Å². The van der Waals surface area contributed by atoms with Gasteiger partial charge in [-0.25, -0.2) is 9.59 Å². The summed E-state index contributed by atoms with van der Waals surface area (Å²) >= 11 is 0. The number of ether oxygens (including phenoxy) is 2. The molecule has 1 aliphatic heterocycles. The monoisotopic (exact) mass is 489 g/mol. The number of amides is 4. The van der Waals surface area contributed by atoms with Gasteiger partial charge >= 0.3 is 11.8 Å². The Kier molecular flexibility index (Phi) is 7.64. The van der Waals surface area contributed by atoms with Crippen LogP contribution in [0.25, 0.3) is 11.0 Å². The molecule has 12 nitrogen and oxygen atoms in total. The van der Waals surface area contributed by atoms with Crippen LogP contribution >= 0.6 is 0 Å². The lowest BCUT2D eigenvalue weighted by molar-refractivity contribution is -0.135. The van der Waals surface area contributed by atoms with Gasteiger partial charge < -0.3 is 19.7 Å². The molecule has 1 unspecified atom stereocenters. The highest BCUT2D eigenvalue weighted by Gasteiger charge is 2.31. The first-order valence-corrected chi connectivity index (χ1v) is 11.2. The number of benzene rings is 1. The molecule has 1 aromatic carbocycles. The van der Waals surface area contributed by atoms with E-state index in [2.05, 4.69) is 10.6 Å². The minimum atomic E-state index is -0.781. The van der Waals surface area contributed by atoms with Crippen molar-refractivity contribution in [1.29, 1.82) is 0 Å². The van der Waals surface area contributed by atoms with Crippen molar-refractivity contribution in [2.45, 2.75) is 45.3 Å². The second-order valence-corrected chi connectivity index (χ2v) is 9.29. The highest BCUT2D eigenvalue weighted by Crippen LogP contribution is 2.26. The number of aryl methyl sites for hydroxylation is 1. The molecular formula is C23H31N5O7. The van der Waals surface area contributed by atoms with Crippen molar-refractivity contribution in [3.05, 3.63) is 28.7 Å². The molecule has 0 saturated carbocycles. The van der Waals surface area contributed by atoms with Crippen LogP contribution in [0.15, 0.2) is 23.0 Å². The molecule has 35 heavy (non-hydrogen) atoms. The first-order valence-electron chi connectivity index (χ1n) is 11.2. The van der Waals surface area contributed by atoms with E-state index in [1.54, 1.807) is 53.1 Å². The van der Waals surface area contributed by atoms with Gasteiger partial charge in [0.15, 0.2) is 0 Å². The molecule has 0 bridgehead atoms. The van der Waals surface area contributed by atoms with Gasteiger partial charge in [0, 0.05) is 32.7 Å². The highest BCUT2D eigenvalue weighted by atomic mass is 16.6. The fourth-order valence-corrected chi connectivity index (χ4v) is 3.73. The van der Waals surface area contributed by atoms with Gasteiger partial charge in [0.1, 0.15) is 18.2 Å². The zero-order chi connectivity index (χ0) is 25.9. The van der Waals surface area contributed by atoms with E-state index in [0.29, 0.717) is 16.7 Å². The topological polar surface area (TPSA) is 141 Å². The maximum atomic E-state index is 12.9. The highest BCUT2D eigenvalue weighted by molar-refractivity contribution is 6.00. The molecule has 1 fully saturated rings. The Labute approximate surface area is 202 Å². The van der Waals surface area contributed by atoms with Crippen LogP contribution in [0.2, 0.25) is 0 Å². The first kappa shape index (κ1) is 25.9. The van der Waals surface area contributed by atoms with E-state index in [-0.39, 0.29) is 50.1 Å². The molecule has 1 atom stereocenters. The van der Waals surface area contributed by atoms with Crippen molar-refractivity contribution < 1.29 is 28.7 Å². The number of fused-ring (bicyclic) bond motifs is 1. The van der Waals surface area contributed by atoms with E-state index in [1.165, 1.54) is 14.0 Å². The van der Waals surface area contributed by atoms with Crippen LogP contribution in [0.5, 0.6) is 0 Å². The van der Waals surface area contributed by atoms with Crippen molar-refractivity contribution in [3.63, 3.8) is 0 Å². The molecule has 2 heterocycles. The van der Waals surface area contributed by atoms with Crippen molar-refractivity contribution in [2.24, 2.45) is 7.05 Å². The number of hydrogen-bond donors (Lipinski definition) is 2. The normalized spacial score (nSPS) is 16.2. The predicted octanol–water partition coefficient (Wildman–Crippen LogP) is 0.822. The van der Waals surface area contributed by atoms with Crippen LogP contribution in [-0.4, -0.2) is 65.4 Å². The Morgan fingerprint density at radius 1 is 1.20 bits per heavy atom. The average molecular weight is 490 g/mol.